The van der Waals surface area contributed by atoms with E-state index in [4.69, 9.17) is 4.74 Å². The second kappa shape index (κ2) is 8.10. The van der Waals surface area contributed by atoms with Crippen molar-refractivity contribution in [2.45, 2.75) is 58.9 Å². The Bertz CT molecular complexity index is 193. The van der Waals surface area contributed by atoms with Gasteiger partial charge in [-0.3, -0.25) is 0 Å². The van der Waals surface area contributed by atoms with Crippen molar-refractivity contribution in [3.63, 3.8) is 0 Å². The van der Waals surface area contributed by atoms with Crippen LogP contribution in [0.3, 0.4) is 0 Å². The molecular weight excluding hydrogens is 210 g/mol. The van der Waals surface area contributed by atoms with E-state index in [0.717, 1.165) is 24.4 Å². The van der Waals surface area contributed by atoms with Gasteiger partial charge < -0.3 is 10.1 Å². The monoisotopic (exact) mass is 241 g/mol. The van der Waals surface area contributed by atoms with Crippen molar-refractivity contribution >= 4 is 0 Å². The lowest BCUT2D eigenvalue weighted by molar-refractivity contribution is 0.143. The van der Waals surface area contributed by atoms with Crippen molar-refractivity contribution in [1.82, 2.24) is 5.32 Å². The summed E-state index contributed by atoms with van der Waals surface area (Å²) in [5.41, 5.74) is 0. The molecule has 1 aliphatic carbocycles. The number of hydrogen-bond donors (Lipinski definition) is 1. The standard InChI is InChI=1S/C15H31NO/c1-12(2)16-11-15-8-7-13(3)10-14(15)6-5-9-17-4/h12-16H,5-11H2,1-4H3. The van der Waals surface area contributed by atoms with E-state index >= 15 is 0 Å². The van der Waals surface area contributed by atoms with Crippen molar-refractivity contribution in [3.05, 3.63) is 0 Å². The maximum atomic E-state index is 5.18. The molecule has 2 nitrogen and oxygen atoms in total. The summed E-state index contributed by atoms with van der Waals surface area (Å²) in [6, 6.07) is 0.619. The van der Waals surface area contributed by atoms with E-state index in [0.29, 0.717) is 6.04 Å². The molecule has 0 radical (unpaired) electrons. The van der Waals surface area contributed by atoms with E-state index in [9.17, 15) is 0 Å². The van der Waals surface area contributed by atoms with Gasteiger partial charge in [0, 0.05) is 19.8 Å². The van der Waals surface area contributed by atoms with Gasteiger partial charge in [0.05, 0.1) is 0 Å². The Labute approximate surface area is 108 Å². The Kier molecular flexibility index (Phi) is 7.14. The predicted molar refractivity (Wildman–Crippen MR) is 74.2 cm³/mol. The van der Waals surface area contributed by atoms with Crippen molar-refractivity contribution in [1.29, 1.82) is 0 Å². The second-order valence-corrected chi connectivity index (χ2v) is 6.14. The minimum absolute atomic E-state index is 0.619. The summed E-state index contributed by atoms with van der Waals surface area (Å²) in [7, 11) is 1.81. The Morgan fingerprint density at radius 2 is 2.00 bits per heavy atom. The van der Waals surface area contributed by atoms with E-state index in [1.54, 1.807) is 7.11 Å². The predicted octanol–water partition coefficient (Wildman–Crippen LogP) is 3.46. The number of ether oxygens (including phenoxy) is 1. The zero-order valence-corrected chi connectivity index (χ0v) is 12.2. The first kappa shape index (κ1) is 15.0. The molecule has 0 spiro atoms. The first-order valence-electron chi connectivity index (χ1n) is 7.35. The smallest absolute Gasteiger partial charge is 0.0462 e. The topological polar surface area (TPSA) is 21.3 Å². The summed E-state index contributed by atoms with van der Waals surface area (Å²) >= 11 is 0. The Balaban J connectivity index is 2.35. The van der Waals surface area contributed by atoms with Crippen LogP contribution in [0.2, 0.25) is 0 Å². The summed E-state index contributed by atoms with van der Waals surface area (Å²) in [5, 5.41) is 3.62. The van der Waals surface area contributed by atoms with Crippen LogP contribution in [-0.4, -0.2) is 26.3 Å². The zero-order valence-electron chi connectivity index (χ0n) is 12.2. The van der Waals surface area contributed by atoms with Crippen LogP contribution >= 0.6 is 0 Å². The van der Waals surface area contributed by atoms with Crippen molar-refractivity contribution in [2.75, 3.05) is 20.3 Å². The maximum Gasteiger partial charge on any atom is 0.0462 e. The summed E-state index contributed by atoms with van der Waals surface area (Å²) < 4.78 is 5.18. The summed E-state index contributed by atoms with van der Waals surface area (Å²) in [5.74, 6) is 2.74. The molecule has 1 rings (SSSR count). The molecule has 0 amide bonds. The molecule has 1 N–H and O–H groups in total. The first-order chi connectivity index (χ1) is 8.13. The molecule has 0 saturated heterocycles. The molecule has 0 aliphatic heterocycles. The van der Waals surface area contributed by atoms with Gasteiger partial charge in [-0.05, 0) is 50.0 Å². The molecule has 102 valence electrons. The number of rotatable bonds is 7. The molecular formula is C15H31NO. The molecule has 3 unspecified atom stereocenters. The molecule has 17 heavy (non-hydrogen) atoms. The zero-order chi connectivity index (χ0) is 12.7. The Hall–Kier alpha value is -0.0800. The van der Waals surface area contributed by atoms with E-state index in [1.165, 1.54) is 38.6 Å². The van der Waals surface area contributed by atoms with Crippen LogP contribution in [0.5, 0.6) is 0 Å². The average Bonchev–Trinajstić information content (AvgIpc) is 2.28. The van der Waals surface area contributed by atoms with Crippen LogP contribution in [0.25, 0.3) is 0 Å². The molecule has 0 aromatic rings. The molecule has 1 aliphatic rings. The molecule has 3 atom stereocenters. The Morgan fingerprint density at radius 3 is 2.65 bits per heavy atom. The van der Waals surface area contributed by atoms with E-state index in [-0.39, 0.29) is 0 Å². The third kappa shape index (κ3) is 5.87. The fourth-order valence-electron chi connectivity index (χ4n) is 3.06. The molecule has 2 heteroatoms. The van der Waals surface area contributed by atoms with E-state index in [2.05, 4.69) is 26.1 Å². The largest absolute Gasteiger partial charge is 0.385 e. The minimum Gasteiger partial charge on any atom is -0.385 e. The van der Waals surface area contributed by atoms with Gasteiger partial charge >= 0.3 is 0 Å². The SMILES string of the molecule is COCCCC1CC(C)CCC1CNC(C)C. The third-order valence-electron chi connectivity index (χ3n) is 4.11. The molecule has 0 aromatic heterocycles. The number of methoxy groups -OCH3 is 1. The van der Waals surface area contributed by atoms with Crippen LogP contribution in [0.15, 0.2) is 0 Å². The minimum atomic E-state index is 0.619. The van der Waals surface area contributed by atoms with Gasteiger partial charge in [0.2, 0.25) is 0 Å². The van der Waals surface area contributed by atoms with E-state index < -0.39 is 0 Å². The Morgan fingerprint density at radius 1 is 1.24 bits per heavy atom. The number of nitrogens with one attached hydrogen (secondary N) is 1. The van der Waals surface area contributed by atoms with Crippen molar-refractivity contribution < 1.29 is 4.74 Å². The van der Waals surface area contributed by atoms with Gasteiger partial charge in [-0.15, -0.1) is 0 Å². The molecule has 1 fully saturated rings. The second-order valence-electron chi connectivity index (χ2n) is 6.14. The normalized spacial score (nSPS) is 29.8. The molecule has 1 saturated carbocycles. The van der Waals surface area contributed by atoms with E-state index in [1.807, 2.05) is 0 Å². The average molecular weight is 241 g/mol. The fourth-order valence-corrected chi connectivity index (χ4v) is 3.06. The van der Waals surface area contributed by atoms with Crippen LogP contribution < -0.4 is 5.32 Å². The van der Waals surface area contributed by atoms with Gasteiger partial charge in [0.25, 0.3) is 0 Å². The molecule has 0 heterocycles. The van der Waals surface area contributed by atoms with Crippen molar-refractivity contribution in [2.24, 2.45) is 17.8 Å². The molecule has 0 bridgehead atoms. The highest BCUT2D eigenvalue weighted by atomic mass is 16.5. The van der Waals surface area contributed by atoms with Crippen molar-refractivity contribution in [3.8, 4) is 0 Å². The van der Waals surface area contributed by atoms with Crippen LogP contribution in [-0.2, 0) is 4.74 Å². The summed E-state index contributed by atoms with van der Waals surface area (Å²) in [6.45, 7) is 9.03. The lowest BCUT2D eigenvalue weighted by Crippen LogP contribution is -2.35. The van der Waals surface area contributed by atoms with Gasteiger partial charge in [-0.2, -0.15) is 0 Å². The fraction of sp³-hybridized carbons (Fsp3) is 1.00. The molecule has 0 aromatic carbocycles. The first-order valence-corrected chi connectivity index (χ1v) is 7.35. The van der Waals surface area contributed by atoms with Crippen LogP contribution in [0, 0.1) is 17.8 Å². The highest BCUT2D eigenvalue weighted by molar-refractivity contribution is 4.80. The lowest BCUT2D eigenvalue weighted by Gasteiger charge is -2.35. The van der Waals surface area contributed by atoms with Crippen LogP contribution in [0.4, 0.5) is 0 Å². The van der Waals surface area contributed by atoms with Crippen LogP contribution in [0.1, 0.15) is 52.9 Å². The highest BCUT2D eigenvalue weighted by Crippen LogP contribution is 2.36. The number of hydrogen-bond acceptors (Lipinski definition) is 2. The summed E-state index contributed by atoms with van der Waals surface area (Å²) in [4.78, 5) is 0. The lowest BCUT2D eigenvalue weighted by atomic mass is 9.72. The quantitative estimate of drug-likeness (QED) is 0.689. The van der Waals surface area contributed by atoms with Gasteiger partial charge in [0.15, 0.2) is 0 Å². The van der Waals surface area contributed by atoms with Gasteiger partial charge in [-0.1, -0.05) is 27.2 Å². The summed E-state index contributed by atoms with van der Waals surface area (Å²) in [6.07, 6.45) is 6.84. The third-order valence-corrected chi connectivity index (χ3v) is 4.11. The maximum absolute atomic E-state index is 5.18. The highest BCUT2D eigenvalue weighted by Gasteiger charge is 2.27. The van der Waals surface area contributed by atoms with Gasteiger partial charge in [0.1, 0.15) is 0 Å². The van der Waals surface area contributed by atoms with Gasteiger partial charge in [-0.25, -0.2) is 0 Å².